The molecule has 0 atom stereocenters. The first-order chi connectivity index (χ1) is 6.26. The summed E-state index contributed by atoms with van der Waals surface area (Å²) in [4.78, 5) is 10.9. The highest BCUT2D eigenvalue weighted by atomic mass is 32.1. The van der Waals surface area contributed by atoms with Crippen LogP contribution in [-0.4, -0.2) is 11.7 Å². The molecule has 0 saturated heterocycles. The van der Waals surface area contributed by atoms with Gasteiger partial charge in [-0.25, -0.2) is 0 Å². The minimum atomic E-state index is -0.128. The fourth-order valence-corrected chi connectivity index (χ4v) is 0.929. The highest BCUT2D eigenvalue weighted by Crippen LogP contribution is 2.11. The van der Waals surface area contributed by atoms with Gasteiger partial charge in [-0.05, 0) is 24.3 Å². The van der Waals surface area contributed by atoms with E-state index in [0.717, 1.165) is 11.4 Å². The number of amides is 1. The molecule has 70 valence electrons. The maximum atomic E-state index is 10.9. The summed E-state index contributed by atoms with van der Waals surface area (Å²) in [5.74, 6) is 5.23. The number of carbonyl (C=O) groups excluding carboxylic acids is 1. The molecule has 5 heteroatoms. The molecule has 1 rings (SSSR count). The van der Waals surface area contributed by atoms with E-state index in [2.05, 4.69) is 23.4 Å². The summed E-state index contributed by atoms with van der Waals surface area (Å²) in [6.45, 7) is 0. The fraction of sp³-hybridized carbons (Fsp3) is 0.125. The van der Waals surface area contributed by atoms with Gasteiger partial charge in [0.15, 0.2) is 0 Å². The summed E-state index contributed by atoms with van der Waals surface area (Å²) >= 11 is 3.84. The lowest BCUT2D eigenvalue weighted by Crippen LogP contribution is -2.12. The van der Waals surface area contributed by atoms with Crippen LogP contribution in [0.5, 0.6) is 0 Å². The number of nitrogen functional groups attached to an aromatic ring is 1. The van der Waals surface area contributed by atoms with Crippen LogP contribution in [0.25, 0.3) is 0 Å². The smallest absolute Gasteiger partial charge is 0.234 e. The third-order valence-corrected chi connectivity index (χ3v) is 1.77. The zero-order chi connectivity index (χ0) is 9.68. The normalized spacial score (nSPS) is 9.38. The second-order valence-corrected chi connectivity index (χ2v) is 2.74. The molecule has 4 N–H and O–H groups in total. The van der Waals surface area contributed by atoms with Crippen molar-refractivity contribution in [3.05, 3.63) is 24.3 Å². The fourth-order valence-electron chi connectivity index (χ4n) is 0.850. The van der Waals surface area contributed by atoms with Crippen molar-refractivity contribution in [2.75, 3.05) is 16.5 Å². The van der Waals surface area contributed by atoms with Crippen LogP contribution in [0.4, 0.5) is 11.4 Å². The Labute approximate surface area is 81.9 Å². The Morgan fingerprint density at radius 2 is 1.85 bits per heavy atom. The maximum Gasteiger partial charge on any atom is 0.234 e. The van der Waals surface area contributed by atoms with E-state index in [1.165, 1.54) is 0 Å². The van der Waals surface area contributed by atoms with Gasteiger partial charge in [-0.1, -0.05) is 0 Å². The first kappa shape index (κ1) is 9.88. The molecule has 0 aliphatic carbocycles. The van der Waals surface area contributed by atoms with E-state index in [4.69, 9.17) is 5.84 Å². The van der Waals surface area contributed by atoms with Crippen molar-refractivity contribution in [1.82, 2.24) is 0 Å². The van der Waals surface area contributed by atoms with Crippen molar-refractivity contribution in [2.45, 2.75) is 0 Å². The molecule has 0 aromatic heterocycles. The Balaban J connectivity index is 2.64. The van der Waals surface area contributed by atoms with Gasteiger partial charge in [0.05, 0.1) is 5.75 Å². The molecule has 0 spiro atoms. The van der Waals surface area contributed by atoms with E-state index in [-0.39, 0.29) is 11.7 Å². The molecule has 0 heterocycles. The van der Waals surface area contributed by atoms with E-state index in [0.29, 0.717) is 0 Å². The van der Waals surface area contributed by atoms with Crippen molar-refractivity contribution < 1.29 is 4.79 Å². The van der Waals surface area contributed by atoms with Crippen molar-refractivity contribution in [3.63, 3.8) is 0 Å². The third-order valence-electron chi connectivity index (χ3n) is 1.48. The predicted octanol–water partition coefficient (Wildman–Crippen LogP) is 0.841. The Kier molecular flexibility index (Phi) is 3.60. The molecule has 13 heavy (non-hydrogen) atoms. The van der Waals surface area contributed by atoms with Crippen molar-refractivity contribution in [2.24, 2.45) is 5.84 Å². The number of benzene rings is 1. The molecule has 0 fully saturated rings. The highest BCUT2D eigenvalue weighted by Gasteiger charge is 1.97. The van der Waals surface area contributed by atoms with Crippen LogP contribution in [0, 0.1) is 0 Å². The average Bonchev–Trinajstić information content (AvgIpc) is 2.19. The molecular formula is C8H11N3OS. The summed E-state index contributed by atoms with van der Waals surface area (Å²) in [5.41, 5.74) is 4.02. The van der Waals surface area contributed by atoms with Crippen LogP contribution in [-0.2, 0) is 4.79 Å². The average molecular weight is 197 g/mol. The highest BCUT2D eigenvalue weighted by molar-refractivity contribution is 7.81. The number of carbonyl (C=O) groups is 1. The minimum absolute atomic E-state index is 0.128. The molecule has 0 aliphatic rings. The first-order valence-corrected chi connectivity index (χ1v) is 4.37. The van der Waals surface area contributed by atoms with Gasteiger partial charge in [0.1, 0.15) is 0 Å². The second-order valence-electron chi connectivity index (χ2n) is 2.43. The number of hydrogen-bond acceptors (Lipinski definition) is 4. The van der Waals surface area contributed by atoms with E-state index in [1.807, 2.05) is 0 Å². The van der Waals surface area contributed by atoms with Gasteiger partial charge < -0.3 is 10.7 Å². The van der Waals surface area contributed by atoms with Crippen molar-refractivity contribution in [1.29, 1.82) is 0 Å². The molecule has 1 aromatic rings. The van der Waals surface area contributed by atoms with E-state index >= 15 is 0 Å². The number of nitrogens with one attached hydrogen (secondary N) is 2. The van der Waals surface area contributed by atoms with Crippen LogP contribution >= 0.6 is 12.6 Å². The summed E-state index contributed by atoms with van der Waals surface area (Å²) in [5, 5.41) is 2.66. The lowest BCUT2D eigenvalue weighted by atomic mass is 10.3. The number of rotatable bonds is 3. The summed E-state index contributed by atoms with van der Waals surface area (Å²) in [6, 6.07) is 7.06. The number of hydrogen-bond donors (Lipinski definition) is 4. The Hall–Kier alpha value is -1.20. The number of anilines is 2. The number of nitrogens with two attached hydrogens (primary N) is 1. The number of thiol groups is 1. The molecule has 1 amide bonds. The van der Waals surface area contributed by atoms with Gasteiger partial charge in [0, 0.05) is 11.4 Å². The quantitative estimate of drug-likeness (QED) is 0.330. The third kappa shape index (κ3) is 2.96. The summed E-state index contributed by atoms with van der Waals surface area (Å²) in [6.07, 6.45) is 0. The monoisotopic (exact) mass is 197 g/mol. The first-order valence-electron chi connectivity index (χ1n) is 3.73. The molecule has 0 aliphatic heterocycles. The van der Waals surface area contributed by atoms with Crippen LogP contribution in [0.1, 0.15) is 0 Å². The standard InChI is InChI=1S/C8H11N3OS/c9-11-7-3-1-6(2-4-7)10-8(12)5-13/h1-4,11,13H,5,9H2,(H,10,12). The van der Waals surface area contributed by atoms with Crippen LogP contribution in [0.15, 0.2) is 24.3 Å². The SMILES string of the molecule is NNc1ccc(NC(=O)CS)cc1. The van der Waals surface area contributed by atoms with Gasteiger partial charge in [-0.3, -0.25) is 10.6 Å². The maximum absolute atomic E-state index is 10.9. The lowest BCUT2D eigenvalue weighted by Gasteiger charge is -2.04. The largest absolute Gasteiger partial charge is 0.325 e. The molecular weight excluding hydrogens is 186 g/mol. The van der Waals surface area contributed by atoms with Gasteiger partial charge in [0.25, 0.3) is 0 Å². The van der Waals surface area contributed by atoms with Crippen LogP contribution in [0.2, 0.25) is 0 Å². The lowest BCUT2D eigenvalue weighted by molar-refractivity contribution is -0.113. The Bertz CT molecular complexity index is 286. The number of hydrazine groups is 1. The van der Waals surface area contributed by atoms with E-state index in [1.54, 1.807) is 24.3 Å². The van der Waals surface area contributed by atoms with Crippen molar-refractivity contribution in [3.8, 4) is 0 Å². The topological polar surface area (TPSA) is 67.2 Å². The second kappa shape index (κ2) is 4.74. The Morgan fingerprint density at radius 1 is 1.31 bits per heavy atom. The zero-order valence-corrected chi connectivity index (χ0v) is 7.84. The summed E-state index contributed by atoms with van der Waals surface area (Å²) < 4.78 is 0. The molecule has 4 nitrogen and oxygen atoms in total. The van der Waals surface area contributed by atoms with Gasteiger partial charge in [0.2, 0.25) is 5.91 Å². The van der Waals surface area contributed by atoms with Gasteiger partial charge >= 0.3 is 0 Å². The van der Waals surface area contributed by atoms with E-state index < -0.39 is 0 Å². The Morgan fingerprint density at radius 3 is 2.31 bits per heavy atom. The zero-order valence-electron chi connectivity index (χ0n) is 6.95. The molecule has 0 saturated carbocycles. The molecule has 0 unspecified atom stereocenters. The van der Waals surface area contributed by atoms with Crippen molar-refractivity contribution >= 4 is 29.9 Å². The molecule has 0 radical (unpaired) electrons. The molecule has 0 bridgehead atoms. The molecule has 1 aromatic carbocycles. The summed E-state index contributed by atoms with van der Waals surface area (Å²) in [7, 11) is 0. The predicted molar refractivity (Wildman–Crippen MR) is 56.7 cm³/mol. The van der Waals surface area contributed by atoms with Crippen LogP contribution < -0.4 is 16.6 Å². The van der Waals surface area contributed by atoms with Crippen LogP contribution in [0.3, 0.4) is 0 Å². The minimum Gasteiger partial charge on any atom is -0.325 e. The van der Waals surface area contributed by atoms with Gasteiger partial charge in [-0.15, -0.1) is 0 Å². The van der Waals surface area contributed by atoms with Gasteiger partial charge in [-0.2, -0.15) is 12.6 Å². The van der Waals surface area contributed by atoms with E-state index in [9.17, 15) is 4.79 Å².